The molecule has 2 N–H and O–H groups in total. The molecule has 150 valence electrons. The molecule has 1 heterocycles. The Kier molecular flexibility index (Phi) is 5.79. The van der Waals surface area contributed by atoms with Crippen LogP contribution < -0.4 is 5.32 Å². The fourth-order valence-electron chi connectivity index (χ4n) is 3.33. The maximum absolute atomic E-state index is 12.8. The van der Waals surface area contributed by atoms with E-state index in [1.165, 1.54) is 14.1 Å². The van der Waals surface area contributed by atoms with Crippen LogP contribution in [-0.2, 0) is 16.6 Å². The summed E-state index contributed by atoms with van der Waals surface area (Å²) in [5.41, 5.74) is 3.42. The number of aryl methyl sites for hydroxylation is 1. The summed E-state index contributed by atoms with van der Waals surface area (Å²) in [7, 11) is 4.73. The number of aliphatic hydroxyl groups excluding tert-OH is 1. The minimum atomic E-state index is -1.38. The van der Waals surface area contributed by atoms with E-state index >= 15 is 0 Å². The van der Waals surface area contributed by atoms with Crippen LogP contribution >= 0.6 is 0 Å². The topological polar surface area (TPSA) is 91.6 Å². The monoisotopic (exact) mass is 393 g/mol. The number of hydrogen-bond acceptors (Lipinski definition) is 4. The molecule has 7 heteroatoms. The number of hydrogen-bond donors (Lipinski definition) is 2. The molecule has 7 nitrogen and oxygen atoms in total. The van der Waals surface area contributed by atoms with E-state index in [4.69, 9.17) is 5.11 Å². The van der Waals surface area contributed by atoms with Crippen molar-refractivity contribution in [2.45, 2.75) is 6.04 Å². The Labute approximate surface area is 168 Å². The van der Waals surface area contributed by atoms with Crippen molar-refractivity contribution in [3.05, 3.63) is 60.3 Å². The van der Waals surface area contributed by atoms with Gasteiger partial charge in [-0.15, -0.1) is 0 Å². The van der Waals surface area contributed by atoms with Crippen molar-refractivity contribution in [3.63, 3.8) is 0 Å². The van der Waals surface area contributed by atoms with Gasteiger partial charge in [0.1, 0.15) is 6.61 Å². The molecule has 0 bridgehead atoms. The Morgan fingerprint density at radius 2 is 1.72 bits per heavy atom. The van der Waals surface area contributed by atoms with Crippen LogP contribution in [0.5, 0.6) is 0 Å². The van der Waals surface area contributed by atoms with Gasteiger partial charge in [-0.2, -0.15) is 0 Å². The molecule has 1 atom stereocenters. The van der Waals surface area contributed by atoms with Gasteiger partial charge in [-0.05, 0) is 40.8 Å². The summed E-state index contributed by atoms with van der Waals surface area (Å²) in [5, 5.41) is 12.6. The van der Waals surface area contributed by atoms with E-state index < -0.39 is 30.2 Å². The quantitative estimate of drug-likeness (QED) is 0.622. The summed E-state index contributed by atoms with van der Waals surface area (Å²) in [6.07, 6.45) is 2.00. The second kappa shape index (κ2) is 8.28. The van der Waals surface area contributed by atoms with Gasteiger partial charge >= 0.3 is 0 Å². The first-order chi connectivity index (χ1) is 13.9. The van der Waals surface area contributed by atoms with Crippen LogP contribution in [0.4, 0.5) is 0 Å². The average molecular weight is 393 g/mol. The fourth-order valence-corrected chi connectivity index (χ4v) is 3.33. The number of nitrogens with zero attached hydrogens (tertiary/aromatic N) is 2. The van der Waals surface area contributed by atoms with E-state index in [9.17, 15) is 14.4 Å². The molecule has 0 aliphatic heterocycles. The Hall–Kier alpha value is -3.45. The highest BCUT2D eigenvalue weighted by molar-refractivity contribution is 6.10. The zero-order valence-electron chi connectivity index (χ0n) is 16.5. The Balaban J connectivity index is 1.86. The maximum Gasteiger partial charge on any atom is 0.254 e. The number of aliphatic hydroxyl groups is 1. The predicted molar refractivity (Wildman–Crippen MR) is 110 cm³/mol. The SMILES string of the molecule is CNC(=O)C(C(=O)CO)N(C)C(=O)c1ccc(-c2ccc3ccn(C)c3c2)cc1. The van der Waals surface area contributed by atoms with Gasteiger partial charge in [0, 0.05) is 38.4 Å². The summed E-state index contributed by atoms with van der Waals surface area (Å²) in [4.78, 5) is 37.7. The fraction of sp³-hybridized carbons (Fsp3) is 0.227. The minimum absolute atomic E-state index is 0.343. The molecule has 29 heavy (non-hydrogen) atoms. The molecule has 1 aromatic heterocycles. The van der Waals surface area contributed by atoms with Gasteiger partial charge < -0.3 is 19.9 Å². The second-order valence-corrected chi connectivity index (χ2v) is 6.83. The van der Waals surface area contributed by atoms with Crippen molar-refractivity contribution in [3.8, 4) is 11.1 Å². The van der Waals surface area contributed by atoms with E-state index in [1.54, 1.807) is 12.1 Å². The van der Waals surface area contributed by atoms with Crippen molar-refractivity contribution in [1.82, 2.24) is 14.8 Å². The normalized spacial score (nSPS) is 11.9. The van der Waals surface area contributed by atoms with Gasteiger partial charge in [0.15, 0.2) is 11.8 Å². The Morgan fingerprint density at radius 3 is 2.34 bits per heavy atom. The van der Waals surface area contributed by atoms with Gasteiger partial charge in [-0.25, -0.2) is 0 Å². The number of ketones is 1. The number of amides is 2. The van der Waals surface area contributed by atoms with Gasteiger partial charge in [0.25, 0.3) is 5.91 Å². The molecular formula is C22H23N3O4. The highest BCUT2D eigenvalue weighted by atomic mass is 16.3. The lowest BCUT2D eigenvalue weighted by atomic mass is 10.0. The summed E-state index contributed by atoms with van der Waals surface area (Å²) >= 11 is 0. The van der Waals surface area contributed by atoms with Crippen molar-refractivity contribution < 1.29 is 19.5 Å². The van der Waals surface area contributed by atoms with E-state index in [2.05, 4.69) is 11.4 Å². The smallest absolute Gasteiger partial charge is 0.254 e. The summed E-state index contributed by atoms with van der Waals surface area (Å²) in [6, 6.07) is 13.8. The van der Waals surface area contributed by atoms with E-state index in [1.807, 2.05) is 48.1 Å². The predicted octanol–water partition coefficient (Wildman–Crippen LogP) is 1.59. The number of likely N-dealkylation sites (N-methyl/N-ethyl adjacent to an activating group) is 2. The molecule has 1 unspecified atom stereocenters. The molecule has 0 fully saturated rings. The molecule has 0 saturated carbocycles. The number of fused-ring (bicyclic) bond motifs is 1. The average Bonchev–Trinajstić information content (AvgIpc) is 3.13. The molecule has 0 spiro atoms. The number of nitrogens with one attached hydrogen (secondary N) is 1. The molecule has 3 rings (SSSR count). The van der Waals surface area contributed by atoms with Crippen LogP contribution in [0.2, 0.25) is 0 Å². The molecule has 2 amide bonds. The third-order valence-electron chi connectivity index (χ3n) is 5.02. The van der Waals surface area contributed by atoms with E-state index in [0.717, 1.165) is 26.9 Å². The number of rotatable bonds is 6. The lowest BCUT2D eigenvalue weighted by molar-refractivity contribution is -0.135. The molecule has 0 saturated heterocycles. The molecular weight excluding hydrogens is 370 g/mol. The molecule has 0 radical (unpaired) electrons. The lowest BCUT2D eigenvalue weighted by Gasteiger charge is -2.25. The van der Waals surface area contributed by atoms with E-state index in [0.29, 0.717) is 5.56 Å². The van der Waals surface area contributed by atoms with Crippen molar-refractivity contribution in [1.29, 1.82) is 0 Å². The first-order valence-corrected chi connectivity index (χ1v) is 9.15. The third kappa shape index (κ3) is 3.90. The Bertz CT molecular complexity index is 1050. The second-order valence-electron chi connectivity index (χ2n) is 6.83. The summed E-state index contributed by atoms with van der Waals surface area (Å²) in [5.74, 6) is -1.87. The van der Waals surface area contributed by atoms with Crippen LogP contribution in [0.25, 0.3) is 22.0 Å². The number of benzene rings is 2. The minimum Gasteiger partial charge on any atom is -0.388 e. The zero-order valence-corrected chi connectivity index (χ0v) is 16.5. The summed E-state index contributed by atoms with van der Waals surface area (Å²) < 4.78 is 2.04. The number of carbonyl (C=O) groups excluding carboxylic acids is 3. The molecule has 3 aromatic rings. The van der Waals surface area contributed by atoms with Crippen LogP contribution in [-0.4, -0.2) is 58.9 Å². The highest BCUT2D eigenvalue weighted by Gasteiger charge is 2.32. The van der Waals surface area contributed by atoms with E-state index in [-0.39, 0.29) is 0 Å². The van der Waals surface area contributed by atoms with Crippen LogP contribution in [0.3, 0.4) is 0 Å². The van der Waals surface area contributed by atoms with Crippen molar-refractivity contribution >= 4 is 28.5 Å². The Morgan fingerprint density at radius 1 is 1.07 bits per heavy atom. The number of carbonyl (C=O) groups is 3. The third-order valence-corrected chi connectivity index (χ3v) is 5.02. The van der Waals surface area contributed by atoms with Crippen molar-refractivity contribution in [2.24, 2.45) is 7.05 Å². The van der Waals surface area contributed by atoms with Crippen molar-refractivity contribution in [2.75, 3.05) is 20.7 Å². The molecule has 0 aliphatic carbocycles. The number of Topliss-reactive ketones (excluding diaryl/α,β-unsaturated/α-hetero) is 1. The van der Waals surface area contributed by atoms with Gasteiger partial charge in [0.2, 0.25) is 5.91 Å². The van der Waals surface area contributed by atoms with Crippen LogP contribution in [0.15, 0.2) is 54.7 Å². The first-order valence-electron chi connectivity index (χ1n) is 9.15. The largest absolute Gasteiger partial charge is 0.388 e. The lowest BCUT2D eigenvalue weighted by Crippen LogP contribution is -2.52. The highest BCUT2D eigenvalue weighted by Crippen LogP contribution is 2.25. The zero-order chi connectivity index (χ0) is 21.1. The first kappa shape index (κ1) is 20.3. The van der Waals surface area contributed by atoms with Gasteiger partial charge in [-0.1, -0.05) is 24.3 Å². The van der Waals surface area contributed by atoms with Gasteiger partial charge in [-0.3, -0.25) is 14.4 Å². The van der Waals surface area contributed by atoms with Gasteiger partial charge in [0.05, 0.1) is 0 Å². The maximum atomic E-state index is 12.8. The van der Waals surface area contributed by atoms with Crippen LogP contribution in [0.1, 0.15) is 10.4 Å². The molecule has 2 aromatic carbocycles. The number of aromatic nitrogens is 1. The van der Waals surface area contributed by atoms with Crippen LogP contribution in [0, 0.1) is 0 Å². The summed E-state index contributed by atoms with van der Waals surface area (Å²) in [6.45, 7) is -0.823. The standard InChI is InChI=1S/C22H23N3O4/c1-23-21(28)20(19(27)13-26)25(3)22(29)16-7-4-14(5-8-16)17-9-6-15-10-11-24(2)18(15)12-17/h4-12,20,26H,13H2,1-3H3,(H,23,28). The molecule has 0 aliphatic rings.